The lowest BCUT2D eigenvalue weighted by atomic mass is 9.95. The second-order valence-corrected chi connectivity index (χ2v) is 7.93. The Kier molecular flexibility index (Phi) is 6.64. The van der Waals surface area contributed by atoms with Gasteiger partial charge in [-0.15, -0.1) is 10.2 Å². The molecule has 1 aromatic heterocycles. The van der Waals surface area contributed by atoms with Crippen molar-refractivity contribution in [3.63, 3.8) is 0 Å². The maximum Gasteiger partial charge on any atom is 0.416 e. The molecule has 0 atom stereocenters. The molecule has 28 heavy (non-hydrogen) atoms. The molecule has 1 N–H and O–H groups in total. The van der Waals surface area contributed by atoms with Crippen molar-refractivity contribution in [1.82, 2.24) is 14.8 Å². The fraction of sp³-hybridized carbons (Fsp3) is 0.526. The number of hydrogen-bond donors (Lipinski definition) is 1. The summed E-state index contributed by atoms with van der Waals surface area (Å²) in [6.45, 7) is 1.80. The maximum atomic E-state index is 12.9. The van der Waals surface area contributed by atoms with Crippen LogP contribution in [0.1, 0.15) is 56.5 Å². The number of rotatable bonds is 7. The van der Waals surface area contributed by atoms with E-state index in [-0.39, 0.29) is 18.4 Å². The van der Waals surface area contributed by atoms with Crippen molar-refractivity contribution >= 4 is 23.2 Å². The summed E-state index contributed by atoms with van der Waals surface area (Å²) in [5.41, 5.74) is -0.310. The molecule has 1 fully saturated rings. The Labute approximate surface area is 166 Å². The van der Waals surface area contributed by atoms with Crippen molar-refractivity contribution in [3.05, 3.63) is 35.7 Å². The third-order valence-electron chi connectivity index (χ3n) is 4.72. The van der Waals surface area contributed by atoms with Crippen LogP contribution in [0.3, 0.4) is 0 Å². The summed E-state index contributed by atoms with van der Waals surface area (Å²) in [6, 6.07) is 5.38. The van der Waals surface area contributed by atoms with Gasteiger partial charge in [-0.3, -0.25) is 4.79 Å². The summed E-state index contributed by atoms with van der Waals surface area (Å²) in [5, 5.41) is 12.2. The van der Waals surface area contributed by atoms with E-state index in [9.17, 15) is 18.0 Å². The number of nitrogens with one attached hydrogen (secondary N) is 1. The number of nitrogens with zero attached hydrogens (tertiary/aromatic N) is 3. The van der Waals surface area contributed by atoms with E-state index in [1.54, 1.807) is 6.07 Å². The van der Waals surface area contributed by atoms with Gasteiger partial charge in [-0.1, -0.05) is 37.1 Å². The van der Waals surface area contributed by atoms with Gasteiger partial charge in [0.05, 0.1) is 17.9 Å². The predicted molar refractivity (Wildman–Crippen MR) is 102 cm³/mol. The summed E-state index contributed by atoms with van der Waals surface area (Å²) in [7, 11) is 0. The van der Waals surface area contributed by atoms with Crippen LogP contribution in [0, 0.1) is 0 Å². The van der Waals surface area contributed by atoms with Gasteiger partial charge >= 0.3 is 6.18 Å². The molecule has 1 saturated carbocycles. The molecule has 5 nitrogen and oxygen atoms in total. The average Bonchev–Trinajstić information content (AvgIpc) is 3.08. The molecule has 3 rings (SSSR count). The highest BCUT2D eigenvalue weighted by molar-refractivity contribution is 7.99. The normalized spacial score (nSPS) is 15.6. The van der Waals surface area contributed by atoms with Crippen LogP contribution in [-0.4, -0.2) is 26.3 Å². The molecule has 0 radical (unpaired) electrons. The number of alkyl halides is 3. The molecule has 1 aliphatic carbocycles. The molecule has 1 aliphatic rings. The maximum absolute atomic E-state index is 12.9. The zero-order chi connectivity index (χ0) is 20.1. The van der Waals surface area contributed by atoms with Crippen molar-refractivity contribution in [3.8, 4) is 0 Å². The fourth-order valence-corrected chi connectivity index (χ4v) is 4.21. The highest BCUT2D eigenvalue weighted by Gasteiger charge is 2.30. The van der Waals surface area contributed by atoms with Gasteiger partial charge in [-0.25, -0.2) is 0 Å². The number of Topliss-reactive ketones (excluding diaryl/α,β-unsaturated/α-hetero) is 1. The Morgan fingerprint density at radius 3 is 2.68 bits per heavy atom. The third-order valence-corrected chi connectivity index (χ3v) is 5.81. The van der Waals surface area contributed by atoms with Crippen molar-refractivity contribution in [2.75, 3.05) is 11.1 Å². The minimum Gasteiger partial charge on any atom is -0.378 e. The Balaban J connectivity index is 1.78. The first-order chi connectivity index (χ1) is 13.3. The molecule has 9 heteroatoms. The molecule has 0 bridgehead atoms. The SMILES string of the molecule is CC(=O)CSc1nnc(CNc2cccc(C(F)(F)F)c2)n1C1CCCCC1. The number of hydrogen-bond acceptors (Lipinski definition) is 5. The molecule has 152 valence electrons. The molecule has 0 saturated heterocycles. The van der Waals surface area contributed by atoms with Gasteiger partial charge in [-0.05, 0) is 38.0 Å². The van der Waals surface area contributed by atoms with Crippen LogP contribution in [0.2, 0.25) is 0 Å². The summed E-state index contributed by atoms with van der Waals surface area (Å²) < 4.78 is 40.8. The standard InChI is InChI=1S/C19H23F3N4OS/c1-13(27)12-28-18-25-24-17(26(18)16-8-3-2-4-9-16)11-23-15-7-5-6-14(10-15)19(20,21)22/h5-7,10,16,23H,2-4,8-9,11-12H2,1H3. The molecular weight excluding hydrogens is 389 g/mol. The number of carbonyl (C=O) groups is 1. The molecule has 2 aromatic rings. The lowest BCUT2D eigenvalue weighted by molar-refractivity contribution is -0.137. The molecule has 0 unspecified atom stereocenters. The zero-order valence-electron chi connectivity index (χ0n) is 15.6. The van der Waals surface area contributed by atoms with E-state index >= 15 is 0 Å². The summed E-state index contributed by atoms with van der Waals surface area (Å²) in [6.07, 6.45) is 1.10. The first-order valence-corrected chi connectivity index (χ1v) is 10.3. The Hall–Kier alpha value is -2.03. The van der Waals surface area contributed by atoms with Gasteiger partial charge in [0.25, 0.3) is 0 Å². The first kappa shape index (κ1) is 20.7. The number of halogens is 3. The number of thioether (sulfide) groups is 1. The zero-order valence-corrected chi connectivity index (χ0v) is 16.4. The summed E-state index contributed by atoms with van der Waals surface area (Å²) >= 11 is 1.36. The van der Waals surface area contributed by atoms with Crippen molar-refractivity contribution in [2.45, 2.75) is 62.9 Å². The van der Waals surface area contributed by atoms with Crippen LogP contribution >= 0.6 is 11.8 Å². The Bertz CT molecular complexity index is 816. The smallest absolute Gasteiger partial charge is 0.378 e. The van der Waals surface area contributed by atoms with Gasteiger partial charge in [0.1, 0.15) is 5.78 Å². The second-order valence-electron chi connectivity index (χ2n) is 6.98. The molecule has 1 aromatic carbocycles. The van der Waals surface area contributed by atoms with Crippen LogP contribution in [-0.2, 0) is 17.5 Å². The molecule has 1 heterocycles. The topological polar surface area (TPSA) is 59.8 Å². The van der Waals surface area contributed by atoms with Crippen molar-refractivity contribution < 1.29 is 18.0 Å². The van der Waals surface area contributed by atoms with Gasteiger partial charge in [-0.2, -0.15) is 13.2 Å². The minimum atomic E-state index is -4.38. The molecule has 0 amide bonds. The molecule has 0 aliphatic heterocycles. The van der Waals surface area contributed by atoms with Crippen molar-refractivity contribution in [1.29, 1.82) is 0 Å². The van der Waals surface area contributed by atoms with E-state index in [1.165, 1.54) is 31.2 Å². The van der Waals surface area contributed by atoms with Gasteiger partial charge in [0, 0.05) is 11.7 Å². The number of ketones is 1. The number of carbonyl (C=O) groups excluding carboxylic acids is 1. The third kappa shape index (κ3) is 5.27. The van der Waals surface area contributed by atoms with Gasteiger partial charge in [0.15, 0.2) is 11.0 Å². The van der Waals surface area contributed by atoms with Gasteiger partial charge in [0.2, 0.25) is 0 Å². The monoisotopic (exact) mass is 412 g/mol. The van der Waals surface area contributed by atoms with Crippen LogP contribution < -0.4 is 5.32 Å². The Morgan fingerprint density at radius 1 is 1.25 bits per heavy atom. The average molecular weight is 412 g/mol. The molecular formula is C19H23F3N4OS. The number of aromatic nitrogens is 3. The van der Waals surface area contributed by atoms with E-state index in [1.807, 2.05) is 0 Å². The summed E-state index contributed by atoms with van der Waals surface area (Å²) in [5.74, 6) is 1.06. The highest BCUT2D eigenvalue weighted by atomic mass is 32.2. The number of benzene rings is 1. The quantitative estimate of drug-likeness (QED) is 0.642. The lowest BCUT2D eigenvalue weighted by Gasteiger charge is -2.25. The van der Waals surface area contributed by atoms with E-state index in [0.29, 0.717) is 22.4 Å². The van der Waals surface area contributed by atoms with Gasteiger partial charge < -0.3 is 9.88 Å². The first-order valence-electron chi connectivity index (χ1n) is 9.32. The second kappa shape index (κ2) is 8.98. The van der Waals surface area contributed by atoms with Crippen LogP contribution in [0.15, 0.2) is 29.4 Å². The molecule has 0 spiro atoms. The highest BCUT2D eigenvalue weighted by Crippen LogP contribution is 2.33. The minimum absolute atomic E-state index is 0.0619. The largest absolute Gasteiger partial charge is 0.416 e. The van der Waals surface area contributed by atoms with Crippen LogP contribution in [0.25, 0.3) is 0 Å². The summed E-state index contributed by atoms with van der Waals surface area (Å²) in [4.78, 5) is 11.4. The van der Waals surface area contributed by atoms with Crippen LogP contribution in [0.5, 0.6) is 0 Å². The fourth-order valence-electron chi connectivity index (χ4n) is 3.39. The number of anilines is 1. The predicted octanol–water partition coefficient (Wildman–Crippen LogP) is 5.10. The van der Waals surface area contributed by atoms with E-state index in [0.717, 1.165) is 37.8 Å². The Morgan fingerprint density at radius 2 is 2.00 bits per heavy atom. The van der Waals surface area contributed by atoms with E-state index < -0.39 is 11.7 Å². The lowest BCUT2D eigenvalue weighted by Crippen LogP contribution is -2.18. The van der Waals surface area contributed by atoms with E-state index in [4.69, 9.17) is 0 Å². The van der Waals surface area contributed by atoms with E-state index in [2.05, 4.69) is 20.1 Å². The van der Waals surface area contributed by atoms with Crippen molar-refractivity contribution in [2.24, 2.45) is 0 Å². The van der Waals surface area contributed by atoms with Crippen LogP contribution in [0.4, 0.5) is 18.9 Å².